The maximum absolute atomic E-state index is 11.4. The van der Waals surface area contributed by atoms with Crippen molar-refractivity contribution >= 4 is 5.78 Å². The molecule has 0 aromatic rings. The van der Waals surface area contributed by atoms with E-state index < -0.39 is 24.5 Å². The lowest BCUT2D eigenvalue weighted by Gasteiger charge is -2.21. The highest BCUT2D eigenvalue weighted by Crippen LogP contribution is 2.25. The van der Waals surface area contributed by atoms with Crippen molar-refractivity contribution in [2.75, 3.05) is 0 Å². The number of Topliss-reactive ketones (excluding diaryl/α,β-unsaturated/α-hetero) is 1. The number of aliphatic hydroxyl groups is 1. The summed E-state index contributed by atoms with van der Waals surface area (Å²) in [6, 6.07) is 0. The van der Waals surface area contributed by atoms with Crippen LogP contribution in [0.5, 0.6) is 0 Å². The topological polar surface area (TPSA) is 37.3 Å². The standard InChI is InChI=1S/C13H28.C5H7F3O2/c1-6-8-13(11(3)4)10-9-12(5)7-2;1-3(9)2-4(10)5(6,7)8/h11-13H,6-10H2,1-5H3;4,10H,2H2,1H3. The van der Waals surface area contributed by atoms with Gasteiger partial charge < -0.3 is 5.11 Å². The normalized spacial score (nSPS) is 15.6. The van der Waals surface area contributed by atoms with E-state index in [-0.39, 0.29) is 0 Å². The average molecular weight is 340 g/mol. The zero-order valence-electron chi connectivity index (χ0n) is 15.5. The zero-order valence-corrected chi connectivity index (χ0v) is 15.5. The molecule has 140 valence electrons. The van der Waals surface area contributed by atoms with Gasteiger partial charge >= 0.3 is 6.18 Å². The number of halogens is 3. The molecule has 0 fully saturated rings. The van der Waals surface area contributed by atoms with Gasteiger partial charge in [0, 0.05) is 6.42 Å². The Labute approximate surface area is 139 Å². The van der Waals surface area contributed by atoms with Crippen molar-refractivity contribution in [3.63, 3.8) is 0 Å². The molecule has 23 heavy (non-hydrogen) atoms. The van der Waals surface area contributed by atoms with Crippen LogP contribution in [-0.4, -0.2) is 23.2 Å². The number of ketones is 1. The van der Waals surface area contributed by atoms with Gasteiger partial charge in [0.15, 0.2) is 6.10 Å². The lowest BCUT2D eigenvalue weighted by atomic mass is 9.85. The van der Waals surface area contributed by atoms with Crippen LogP contribution in [0.3, 0.4) is 0 Å². The number of rotatable bonds is 9. The van der Waals surface area contributed by atoms with Gasteiger partial charge in [-0.1, -0.05) is 60.3 Å². The minimum atomic E-state index is -4.67. The molecule has 0 aromatic carbocycles. The van der Waals surface area contributed by atoms with Crippen molar-refractivity contribution < 1.29 is 23.1 Å². The van der Waals surface area contributed by atoms with Crippen molar-refractivity contribution in [1.82, 2.24) is 0 Å². The Kier molecular flexibility index (Phi) is 13.7. The van der Waals surface area contributed by atoms with Gasteiger partial charge in [0.05, 0.1) is 0 Å². The predicted molar refractivity (Wildman–Crippen MR) is 89.3 cm³/mol. The Morgan fingerprint density at radius 1 is 1.04 bits per heavy atom. The lowest BCUT2D eigenvalue weighted by Crippen LogP contribution is -2.30. The van der Waals surface area contributed by atoms with E-state index in [1.807, 2.05) is 0 Å². The third kappa shape index (κ3) is 14.7. The molecule has 0 saturated carbocycles. The van der Waals surface area contributed by atoms with E-state index in [4.69, 9.17) is 5.11 Å². The quantitative estimate of drug-likeness (QED) is 0.578. The molecule has 3 atom stereocenters. The number of alkyl halides is 3. The van der Waals surface area contributed by atoms with E-state index in [1.165, 1.54) is 32.1 Å². The second-order valence-electron chi connectivity index (χ2n) is 6.85. The van der Waals surface area contributed by atoms with Crippen molar-refractivity contribution in [2.24, 2.45) is 17.8 Å². The van der Waals surface area contributed by atoms with E-state index in [9.17, 15) is 18.0 Å². The van der Waals surface area contributed by atoms with Crippen molar-refractivity contribution in [2.45, 2.75) is 92.3 Å². The van der Waals surface area contributed by atoms with Gasteiger partial charge in [-0.25, -0.2) is 0 Å². The van der Waals surface area contributed by atoms with Crippen molar-refractivity contribution in [3.05, 3.63) is 0 Å². The van der Waals surface area contributed by atoms with Crippen LogP contribution in [0.25, 0.3) is 0 Å². The molecule has 0 aliphatic carbocycles. The van der Waals surface area contributed by atoms with Gasteiger partial charge in [0.2, 0.25) is 0 Å². The summed E-state index contributed by atoms with van der Waals surface area (Å²) in [5.41, 5.74) is 0. The molecule has 0 bridgehead atoms. The summed E-state index contributed by atoms with van der Waals surface area (Å²) in [4.78, 5) is 10.0. The molecule has 2 nitrogen and oxygen atoms in total. The average Bonchev–Trinajstić information content (AvgIpc) is 2.41. The Morgan fingerprint density at radius 2 is 1.57 bits per heavy atom. The third-order valence-corrected chi connectivity index (χ3v) is 4.19. The Bertz CT molecular complexity index is 301. The van der Waals surface area contributed by atoms with E-state index >= 15 is 0 Å². The summed E-state index contributed by atoms with van der Waals surface area (Å²) in [5, 5.41) is 8.21. The number of aliphatic hydroxyl groups excluding tert-OH is 1. The van der Waals surface area contributed by atoms with Gasteiger partial charge in [-0.15, -0.1) is 0 Å². The second kappa shape index (κ2) is 12.8. The molecule has 0 aromatic heterocycles. The molecule has 1 N–H and O–H groups in total. The van der Waals surface area contributed by atoms with Crippen LogP contribution in [0.1, 0.15) is 80.1 Å². The molecule has 0 rings (SSSR count). The highest BCUT2D eigenvalue weighted by molar-refractivity contribution is 5.76. The molecule has 0 amide bonds. The van der Waals surface area contributed by atoms with Crippen LogP contribution in [0.4, 0.5) is 13.2 Å². The van der Waals surface area contributed by atoms with Crippen LogP contribution in [0.2, 0.25) is 0 Å². The van der Waals surface area contributed by atoms with E-state index in [1.54, 1.807) is 0 Å². The highest BCUT2D eigenvalue weighted by atomic mass is 19.4. The first-order valence-corrected chi connectivity index (χ1v) is 8.69. The summed E-state index contributed by atoms with van der Waals surface area (Å²) in [7, 11) is 0. The van der Waals surface area contributed by atoms with Gasteiger partial charge in [-0.3, -0.25) is 4.79 Å². The zero-order chi connectivity index (χ0) is 18.6. The fraction of sp³-hybridized carbons (Fsp3) is 0.944. The van der Waals surface area contributed by atoms with Gasteiger partial charge in [-0.05, 0) is 31.1 Å². The molecule has 0 aliphatic heterocycles. The lowest BCUT2D eigenvalue weighted by molar-refractivity contribution is -0.205. The molecule has 3 unspecified atom stereocenters. The molecule has 0 radical (unpaired) electrons. The third-order valence-electron chi connectivity index (χ3n) is 4.19. The van der Waals surface area contributed by atoms with Crippen molar-refractivity contribution in [1.29, 1.82) is 0 Å². The Balaban J connectivity index is 0. The Morgan fingerprint density at radius 3 is 1.83 bits per heavy atom. The predicted octanol–water partition coefficient (Wildman–Crippen LogP) is 5.77. The summed E-state index contributed by atoms with van der Waals surface area (Å²) < 4.78 is 34.2. The molecule has 0 aliphatic rings. The van der Waals surface area contributed by atoms with Gasteiger partial charge in [0.1, 0.15) is 5.78 Å². The summed E-state index contributed by atoms with van der Waals surface area (Å²) in [6.07, 6.45) is -1.05. The van der Waals surface area contributed by atoms with E-state index in [0.29, 0.717) is 0 Å². The number of hydrogen-bond donors (Lipinski definition) is 1. The molecule has 0 heterocycles. The van der Waals surface area contributed by atoms with Crippen LogP contribution in [-0.2, 0) is 4.79 Å². The summed E-state index contributed by atoms with van der Waals surface area (Å²) >= 11 is 0. The van der Waals surface area contributed by atoms with Crippen LogP contribution in [0, 0.1) is 17.8 Å². The molecule has 0 spiro atoms. The molecule has 5 heteroatoms. The smallest absolute Gasteiger partial charge is 0.383 e. The maximum atomic E-state index is 11.4. The van der Waals surface area contributed by atoms with Crippen LogP contribution < -0.4 is 0 Å². The van der Waals surface area contributed by atoms with Gasteiger partial charge in [0.25, 0.3) is 0 Å². The highest BCUT2D eigenvalue weighted by Gasteiger charge is 2.38. The maximum Gasteiger partial charge on any atom is 0.414 e. The van der Waals surface area contributed by atoms with Crippen LogP contribution >= 0.6 is 0 Å². The van der Waals surface area contributed by atoms with Gasteiger partial charge in [-0.2, -0.15) is 13.2 Å². The first-order chi connectivity index (χ1) is 10.4. The first-order valence-electron chi connectivity index (χ1n) is 8.69. The van der Waals surface area contributed by atoms with Crippen molar-refractivity contribution in [3.8, 4) is 0 Å². The Hall–Kier alpha value is -0.580. The second-order valence-corrected chi connectivity index (χ2v) is 6.85. The number of carbonyl (C=O) groups is 1. The fourth-order valence-corrected chi connectivity index (χ4v) is 2.27. The number of hydrogen-bond acceptors (Lipinski definition) is 2. The summed E-state index contributed by atoms with van der Waals surface area (Å²) in [6.45, 7) is 12.7. The minimum Gasteiger partial charge on any atom is -0.383 e. The SMILES string of the molecule is CC(=O)CC(O)C(F)(F)F.CCCC(CCC(C)CC)C(C)C. The molecular weight excluding hydrogens is 305 g/mol. The fourth-order valence-electron chi connectivity index (χ4n) is 2.27. The summed E-state index contributed by atoms with van der Waals surface area (Å²) in [5.74, 6) is 2.10. The number of carbonyl (C=O) groups excluding carboxylic acids is 1. The monoisotopic (exact) mass is 340 g/mol. The molecular formula is C18H35F3O2. The van der Waals surface area contributed by atoms with E-state index in [0.717, 1.165) is 24.7 Å². The first kappa shape index (κ1) is 24.7. The van der Waals surface area contributed by atoms with E-state index in [2.05, 4.69) is 34.6 Å². The molecule has 0 saturated heterocycles. The minimum absolute atomic E-state index is 0.676. The van der Waals surface area contributed by atoms with Crippen LogP contribution in [0.15, 0.2) is 0 Å². The largest absolute Gasteiger partial charge is 0.414 e.